The van der Waals surface area contributed by atoms with E-state index in [4.69, 9.17) is 0 Å². The molecule has 0 unspecified atom stereocenters. The van der Waals surface area contributed by atoms with Crippen LogP contribution in [0.3, 0.4) is 0 Å². The van der Waals surface area contributed by atoms with Crippen molar-refractivity contribution in [1.82, 2.24) is 25.3 Å². The fourth-order valence-electron chi connectivity index (χ4n) is 3.09. The fourth-order valence-corrected chi connectivity index (χ4v) is 4.54. The van der Waals surface area contributed by atoms with Gasteiger partial charge < -0.3 is 10.6 Å². The largest absolute Gasteiger partial charge is 0.326 e. The average Bonchev–Trinajstić information content (AvgIpc) is 3.37. The van der Waals surface area contributed by atoms with Crippen LogP contribution in [0.15, 0.2) is 51.4 Å². The molecule has 134 valence electrons. The van der Waals surface area contributed by atoms with E-state index < -0.39 is 0 Å². The molecule has 3 aromatic rings. The Kier molecular flexibility index (Phi) is 5.00. The van der Waals surface area contributed by atoms with Gasteiger partial charge in [-0.2, -0.15) is 5.10 Å². The van der Waals surface area contributed by atoms with Crippen molar-refractivity contribution in [3.8, 4) is 0 Å². The number of aryl methyl sites for hydroxylation is 1. The topological polar surface area (TPSA) is 84.7 Å². The summed E-state index contributed by atoms with van der Waals surface area (Å²) in [5.74, 6) is 0.0824. The van der Waals surface area contributed by atoms with Gasteiger partial charge in [-0.25, -0.2) is 0 Å². The molecule has 26 heavy (non-hydrogen) atoms. The van der Waals surface area contributed by atoms with Crippen molar-refractivity contribution in [2.24, 2.45) is 13.0 Å². The van der Waals surface area contributed by atoms with Crippen LogP contribution in [-0.2, 0) is 11.8 Å². The van der Waals surface area contributed by atoms with Gasteiger partial charge in [0.05, 0.1) is 12.1 Å². The third-order valence-corrected chi connectivity index (χ3v) is 6.16. The molecule has 2 N–H and O–H groups in total. The van der Waals surface area contributed by atoms with Crippen molar-refractivity contribution in [2.75, 3.05) is 18.4 Å². The van der Waals surface area contributed by atoms with E-state index in [1.165, 1.54) is 11.3 Å². The standard InChI is InChI=1S/C17H18N6OS2/c1-23-9-11(6-20-23)14-7-18-8-15(14)16(24)21-12-2-4-13(5-3-12)26-17-22-19-10-25-17/h2-6,9-10,14-15,18H,7-8H2,1H3,(H,21,24)/t14-,15+/m1/s1. The predicted molar refractivity (Wildman–Crippen MR) is 101 cm³/mol. The van der Waals surface area contributed by atoms with E-state index in [1.54, 1.807) is 22.0 Å². The van der Waals surface area contributed by atoms with E-state index in [0.29, 0.717) is 6.54 Å². The van der Waals surface area contributed by atoms with Crippen molar-refractivity contribution in [1.29, 1.82) is 0 Å². The predicted octanol–water partition coefficient (Wildman–Crippen LogP) is 2.36. The van der Waals surface area contributed by atoms with Crippen molar-refractivity contribution >= 4 is 34.7 Å². The zero-order valence-electron chi connectivity index (χ0n) is 14.1. The van der Waals surface area contributed by atoms with Crippen LogP contribution in [0, 0.1) is 5.92 Å². The summed E-state index contributed by atoms with van der Waals surface area (Å²) in [5.41, 5.74) is 3.61. The van der Waals surface area contributed by atoms with Gasteiger partial charge in [-0.05, 0) is 29.8 Å². The molecule has 1 aromatic carbocycles. The Morgan fingerprint density at radius 2 is 2.19 bits per heavy atom. The van der Waals surface area contributed by atoms with Crippen LogP contribution in [0.1, 0.15) is 11.5 Å². The molecule has 3 heterocycles. The number of hydrogen-bond acceptors (Lipinski definition) is 7. The summed E-state index contributed by atoms with van der Waals surface area (Å²) in [7, 11) is 1.89. The number of nitrogens with zero attached hydrogens (tertiary/aromatic N) is 4. The minimum atomic E-state index is -0.102. The Morgan fingerprint density at radius 1 is 1.35 bits per heavy atom. The highest BCUT2D eigenvalue weighted by Gasteiger charge is 2.34. The van der Waals surface area contributed by atoms with Crippen molar-refractivity contribution in [2.45, 2.75) is 15.2 Å². The second-order valence-corrected chi connectivity index (χ2v) is 8.29. The number of aromatic nitrogens is 4. The lowest BCUT2D eigenvalue weighted by Gasteiger charge is -2.17. The van der Waals surface area contributed by atoms with Crippen LogP contribution in [0.4, 0.5) is 5.69 Å². The molecule has 2 aromatic heterocycles. The minimum absolute atomic E-state index is 0.0355. The number of rotatable bonds is 5. The molecule has 9 heteroatoms. The van der Waals surface area contributed by atoms with E-state index in [-0.39, 0.29) is 17.7 Å². The first-order valence-corrected chi connectivity index (χ1v) is 9.93. The minimum Gasteiger partial charge on any atom is -0.326 e. The Hall–Kier alpha value is -2.23. The maximum absolute atomic E-state index is 12.7. The highest BCUT2D eigenvalue weighted by Crippen LogP contribution is 2.31. The molecule has 0 radical (unpaired) electrons. The molecule has 0 aliphatic carbocycles. The zero-order chi connectivity index (χ0) is 17.9. The normalized spacial score (nSPS) is 19.6. The Morgan fingerprint density at radius 3 is 2.88 bits per heavy atom. The van der Waals surface area contributed by atoms with Crippen LogP contribution >= 0.6 is 23.1 Å². The summed E-state index contributed by atoms with van der Waals surface area (Å²) in [4.78, 5) is 13.8. The molecule has 1 saturated heterocycles. The molecular weight excluding hydrogens is 368 g/mol. The summed E-state index contributed by atoms with van der Waals surface area (Å²) in [6.45, 7) is 1.47. The molecule has 2 atom stereocenters. The second-order valence-electron chi connectivity index (χ2n) is 6.14. The lowest BCUT2D eigenvalue weighted by atomic mass is 9.90. The van der Waals surface area contributed by atoms with Crippen LogP contribution in [0.2, 0.25) is 0 Å². The molecule has 1 aliphatic rings. The first-order valence-electron chi connectivity index (χ1n) is 8.23. The Bertz CT molecular complexity index is 877. The molecule has 1 aliphatic heterocycles. The molecule has 4 rings (SSSR count). The number of hydrogen-bond donors (Lipinski definition) is 2. The van der Waals surface area contributed by atoms with E-state index in [9.17, 15) is 4.79 Å². The molecule has 0 saturated carbocycles. The summed E-state index contributed by atoms with van der Waals surface area (Å²) >= 11 is 3.07. The molecule has 1 fully saturated rings. The van der Waals surface area contributed by atoms with Gasteiger partial charge in [-0.3, -0.25) is 9.48 Å². The van der Waals surface area contributed by atoms with Gasteiger partial charge in [0.1, 0.15) is 5.51 Å². The van der Waals surface area contributed by atoms with Crippen LogP contribution in [0.25, 0.3) is 0 Å². The number of carbonyl (C=O) groups is 1. The quantitative estimate of drug-likeness (QED) is 0.700. The second kappa shape index (κ2) is 7.56. The van der Waals surface area contributed by atoms with Crippen molar-refractivity contribution in [3.05, 3.63) is 47.7 Å². The van der Waals surface area contributed by atoms with Gasteiger partial charge in [0.25, 0.3) is 0 Å². The zero-order valence-corrected chi connectivity index (χ0v) is 15.8. The summed E-state index contributed by atoms with van der Waals surface area (Å²) in [6, 6.07) is 7.80. The molecule has 7 nitrogen and oxygen atoms in total. The number of benzene rings is 1. The monoisotopic (exact) mass is 386 g/mol. The lowest BCUT2D eigenvalue weighted by molar-refractivity contribution is -0.119. The number of carbonyl (C=O) groups excluding carboxylic acids is 1. The van der Waals surface area contributed by atoms with E-state index >= 15 is 0 Å². The molecule has 1 amide bonds. The Balaban J connectivity index is 1.41. The van der Waals surface area contributed by atoms with Gasteiger partial charge >= 0.3 is 0 Å². The number of anilines is 1. The van der Waals surface area contributed by atoms with Crippen LogP contribution in [0.5, 0.6) is 0 Å². The van der Waals surface area contributed by atoms with Crippen molar-refractivity contribution in [3.63, 3.8) is 0 Å². The van der Waals surface area contributed by atoms with Gasteiger partial charge in [-0.1, -0.05) is 23.1 Å². The Labute approximate surface area is 159 Å². The van der Waals surface area contributed by atoms with Crippen molar-refractivity contribution < 1.29 is 4.79 Å². The van der Waals surface area contributed by atoms with E-state index in [0.717, 1.165) is 27.0 Å². The molecule has 0 bridgehead atoms. The molecule has 0 spiro atoms. The van der Waals surface area contributed by atoms with Gasteiger partial charge in [0.2, 0.25) is 5.91 Å². The van der Waals surface area contributed by atoms with Crippen LogP contribution in [-0.4, -0.2) is 39.0 Å². The van der Waals surface area contributed by atoms with Gasteiger partial charge in [0.15, 0.2) is 4.34 Å². The third-order valence-electron chi connectivity index (χ3n) is 4.37. The smallest absolute Gasteiger partial charge is 0.229 e. The lowest BCUT2D eigenvalue weighted by Crippen LogP contribution is -2.28. The van der Waals surface area contributed by atoms with Crippen LogP contribution < -0.4 is 10.6 Å². The van der Waals surface area contributed by atoms with E-state index in [2.05, 4.69) is 25.9 Å². The fraction of sp³-hybridized carbons (Fsp3) is 0.294. The first kappa shape index (κ1) is 17.2. The maximum atomic E-state index is 12.7. The van der Waals surface area contributed by atoms with Gasteiger partial charge in [0, 0.05) is 42.8 Å². The first-order chi connectivity index (χ1) is 12.7. The number of nitrogens with one attached hydrogen (secondary N) is 2. The average molecular weight is 387 g/mol. The summed E-state index contributed by atoms with van der Waals surface area (Å²) in [5, 5.41) is 18.4. The third kappa shape index (κ3) is 3.79. The summed E-state index contributed by atoms with van der Waals surface area (Å²) < 4.78 is 2.68. The maximum Gasteiger partial charge on any atom is 0.229 e. The summed E-state index contributed by atoms with van der Waals surface area (Å²) in [6.07, 6.45) is 3.83. The highest BCUT2D eigenvalue weighted by atomic mass is 32.2. The SMILES string of the molecule is Cn1cc([C@H]2CNC[C@@H]2C(=O)Nc2ccc(Sc3nncs3)cc2)cn1. The van der Waals surface area contributed by atoms with Gasteiger partial charge in [-0.15, -0.1) is 10.2 Å². The van der Waals surface area contributed by atoms with E-state index in [1.807, 2.05) is 43.7 Å². The number of amides is 1. The highest BCUT2D eigenvalue weighted by molar-refractivity contribution is 8.01. The molecular formula is C17H18N6OS2.